The topological polar surface area (TPSA) is 111 Å². The molecule has 0 amide bonds. The van der Waals surface area contributed by atoms with Crippen LogP contribution in [0.15, 0.2) is 85.1 Å². The molecule has 0 N–H and O–H groups in total. The van der Waals surface area contributed by atoms with Crippen LogP contribution >= 0.6 is 7.82 Å². The van der Waals surface area contributed by atoms with Gasteiger partial charge in [0.05, 0.1) is 27.7 Å². The van der Waals surface area contributed by atoms with Crippen LogP contribution in [-0.4, -0.2) is 70.0 Å². The van der Waals surface area contributed by atoms with Gasteiger partial charge in [-0.2, -0.15) is 0 Å². The molecule has 0 bridgehead atoms. The molecule has 0 rings (SSSR count). The molecule has 0 aliphatic heterocycles. The second kappa shape index (κ2) is 72.5. The number of carbonyl (C=O) groups excluding carboxylic acids is 2. The third-order valence-electron chi connectivity index (χ3n) is 17.4. The van der Waals surface area contributed by atoms with Crippen LogP contribution in [-0.2, 0) is 32.7 Å². The van der Waals surface area contributed by atoms with E-state index in [-0.39, 0.29) is 32.0 Å². The lowest BCUT2D eigenvalue weighted by Gasteiger charge is -2.28. The van der Waals surface area contributed by atoms with Gasteiger partial charge in [0.2, 0.25) is 0 Å². The van der Waals surface area contributed by atoms with Gasteiger partial charge in [-0.3, -0.25) is 14.2 Å². The summed E-state index contributed by atoms with van der Waals surface area (Å²) >= 11 is 0. The first kappa shape index (κ1) is 89.2. The zero-order valence-electron chi connectivity index (χ0n) is 61.2. The number of phosphoric acid groups is 1. The van der Waals surface area contributed by atoms with E-state index in [2.05, 4.69) is 98.9 Å². The molecule has 0 saturated carbocycles. The smallest absolute Gasteiger partial charge is 0.306 e. The number of esters is 2. The summed E-state index contributed by atoms with van der Waals surface area (Å²) in [5, 5.41) is 0. The SMILES string of the molecule is CC/C=C\C/C=C\C/C=C\C/C=C\C/C=C\C/C=C\CCCCCCCCCCC(=O)OC(COC(=O)CCCCCCCCCCCCCCCCCCCCCCCCCCCCCCC/C=C\CCCCCCCCCC)COP(=O)([O-])OCC[N+](C)(C)C. The number of carbonyl (C=O) groups is 2. The first-order valence-electron chi connectivity index (χ1n) is 39.3. The predicted octanol–water partition coefficient (Wildman–Crippen LogP) is 25.4. The highest BCUT2D eigenvalue weighted by molar-refractivity contribution is 7.45. The molecule has 10 heteroatoms. The molecule has 2 atom stereocenters. The quantitative estimate of drug-likeness (QED) is 0.0195. The van der Waals surface area contributed by atoms with E-state index in [1.165, 1.54) is 257 Å². The molecule has 0 radical (unpaired) electrons. The second-order valence-electron chi connectivity index (χ2n) is 27.7. The van der Waals surface area contributed by atoms with E-state index in [0.717, 1.165) is 83.5 Å². The van der Waals surface area contributed by atoms with Crippen molar-refractivity contribution in [1.82, 2.24) is 0 Å². The van der Waals surface area contributed by atoms with Crippen molar-refractivity contribution in [2.75, 3.05) is 47.5 Å². The average Bonchev–Trinajstić information content (AvgIpc) is 2.14. The lowest BCUT2D eigenvalue weighted by molar-refractivity contribution is -0.870. The fourth-order valence-electron chi connectivity index (χ4n) is 11.4. The number of ether oxygens (including phenoxy) is 2. The van der Waals surface area contributed by atoms with Crippen LogP contribution in [0, 0.1) is 0 Å². The van der Waals surface area contributed by atoms with Crippen LogP contribution in [0.5, 0.6) is 0 Å². The lowest BCUT2D eigenvalue weighted by atomic mass is 10.0. The number of nitrogens with zero attached hydrogens (tertiary/aromatic N) is 1. The molecule has 0 aromatic rings. The first-order chi connectivity index (χ1) is 45.0. The Balaban J connectivity index is 3.92. The fraction of sp³-hybridized carbons (Fsp3) is 0.805. The molecule has 0 saturated heterocycles. The lowest BCUT2D eigenvalue weighted by Crippen LogP contribution is -2.37. The van der Waals surface area contributed by atoms with Gasteiger partial charge in [0.1, 0.15) is 19.8 Å². The van der Waals surface area contributed by atoms with E-state index in [1.807, 2.05) is 21.1 Å². The van der Waals surface area contributed by atoms with Gasteiger partial charge in [0.25, 0.3) is 7.82 Å². The minimum absolute atomic E-state index is 0.0345. The van der Waals surface area contributed by atoms with E-state index < -0.39 is 26.5 Å². The number of allylic oxidation sites excluding steroid dienone is 14. The molecule has 0 aliphatic rings. The Morgan fingerprint density at radius 2 is 0.620 bits per heavy atom. The first-order valence-corrected chi connectivity index (χ1v) is 40.8. The van der Waals surface area contributed by atoms with Gasteiger partial charge in [-0.1, -0.05) is 356 Å². The zero-order chi connectivity index (χ0) is 66.9. The molecule has 92 heavy (non-hydrogen) atoms. The van der Waals surface area contributed by atoms with Crippen molar-refractivity contribution in [3.05, 3.63) is 85.1 Å². The summed E-state index contributed by atoms with van der Waals surface area (Å²) < 4.78 is 34.4. The summed E-state index contributed by atoms with van der Waals surface area (Å²) in [6, 6.07) is 0. The standard InChI is InChI=1S/C82H150NO8P/c1-6-8-10-12-14-16-18-20-22-24-26-28-30-32-34-35-36-37-38-39-40-41-42-43-44-45-46-47-49-50-52-54-56-58-60-62-64-66-68-70-72-74-81(84)88-78-80(79-90-92(86,87)89-77-76-83(3,4)5)91-82(85)75-73-71-69-67-65-63-61-59-57-55-53-51-48-33-31-29-27-25-23-21-19-17-15-13-11-9-7-2/h9,11,15,17,21,23-24,26-27,29,33,48,53,55,80H,6-8,10,12-14,16,18-20,22,25,28,30-32,34-47,49-52,54,56-79H2,1-5H3/b11-9-,17-15-,23-21-,26-24-,29-27-,48-33-,55-53-. The predicted molar refractivity (Wildman–Crippen MR) is 397 cm³/mol. The highest BCUT2D eigenvalue weighted by Crippen LogP contribution is 2.38. The van der Waals surface area contributed by atoms with Crippen molar-refractivity contribution in [1.29, 1.82) is 0 Å². The van der Waals surface area contributed by atoms with Gasteiger partial charge in [0.15, 0.2) is 6.10 Å². The molecule has 2 unspecified atom stereocenters. The number of unbranched alkanes of at least 4 members (excludes halogenated alkanes) is 45. The summed E-state index contributed by atoms with van der Waals surface area (Å²) in [4.78, 5) is 38.1. The molecule has 0 aromatic heterocycles. The minimum Gasteiger partial charge on any atom is -0.756 e. The second-order valence-corrected chi connectivity index (χ2v) is 29.1. The number of rotatable bonds is 73. The van der Waals surface area contributed by atoms with E-state index in [4.69, 9.17) is 18.5 Å². The van der Waals surface area contributed by atoms with Crippen LogP contribution in [0.1, 0.15) is 373 Å². The molecule has 0 aromatic carbocycles. The van der Waals surface area contributed by atoms with Gasteiger partial charge in [0, 0.05) is 12.8 Å². The Labute approximate surface area is 571 Å². The minimum atomic E-state index is -4.65. The van der Waals surface area contributed by atoms with Crippen LogP contribution in [0.3, 0.4) is 0 Å². The van der Waals surface area contributed by atoms with Crippen LogP contribution in [0.25, 0.3) is 0 Å². The van der Waals surface area contributed by atoms with E-state index >= 15 is 0 Å². The Kier molecular flexibility index (Phi) is 70.2. The third-order valence-corrected chi connectivity index (χ3v) is 18.4. The van der Waals surface area contributed by atoms with Crippen molar-refractivity contribution >= 4 is 19.8 Å². The largest absolute Gasteiger partial charge is 0.756 e. The summed E-state index contributed by atoms with van der Waals surface area (Å²) in [5.74, 6) is -0.831. The van der Waals surface area contributed by atoms with Crippen LogP contribution in [0.4, 0.5) is 0 Å². The Morgan fingerprint density at radius 1 is 0.348 bits per heavy atom. The summed E-state index contributed by atoms with van der Waals surface area (Å²) in [6.45, 7) is 4.16. The number of hydrogen-bond acceptors (Lipinski definition) is 8. The molecule has 536 valence electrons. The van der Waals surface area contributed by atoms with Crippen molar-refractivity contribution in [2.45, 2.75) is 380 Å². The normalized spacial score (nSPS) is 13.5. The summed E-state index contributed by atoms with van der Waals surface area (Å²) in [5.41, 5.74) is 0. The maximum Gasteiger partial charge on any atom is 0.306 e. The Hall–Kier alpha value is -2.81. The van der Waals surface area contributed by atoms with Gasteiger partial charge in [-0.25, -0.2) is 0 Å². The molecule has 9 nitrogen and oxygen atoms in total. The van der Waals surface area contributed by atoms with Crippen molar-refractivity contribution in [2.24, 2.45) is 0 Å². The summed E-state index contributed by atoms with van der Waals surface area (Å²) in [6.07, 6.45) is 100.0. The number of quaternary nitrogens is 1. The van der Waals surface area contributed by atoms with Gasteiger partial charge in [-0.15, -0.1) is 0 Å². The monoisotopic (exact) mass is 1310 g/mol. The van der Waals surface area contributed by atoms with Gasteiger partial charge < -0.3 is 27.9 Å². The molecule has 0 aliphatic carbocycles. The third kappa shape index (κ3) is 76.2. The van der Waals surface area contributed by atoms with Crippen LogP contribution in [0.2, 0.25) is 0 Å². The molecule has 0 fully saturated rings. The maximum atomic E-state index is 12.9. The van der Waals surface area contributed by atoms with Gasteiger partial charge in [-0.05, 0) is 89.9 Å². The Bertz CT molecular complexity index is 1830. The van der Waals surface area contributed by atoms with Crippen molar-refractivity contribution in [3.8, 4) is 0 Å². The highest BCUT2D eigenvalue weighted by Gasteiger charge is 2.22. The van der Waals surface area contributed by atoms with Crippen LogP contribution < -0.4 is 4.89 Å². The number of likely N-dealkylation sites (N-methyl/N-ethyl adjacent to an activating group) is 1. The molecule has 0 heterocycles. The zero-order valence-corrected chi connectivity index (χ0v) is 62.1. The summed E-state index contributed by atoms with van der Waals surface area (Å²) in [7, 11) is 1.17. The number of hydrogen-bond donors (Lipinski definition) is 0. The van der Waals surface area contributed by atoms with Crippen molar-refractivity contribution < 1.29 is 42.1 Å². The van der Waals surface area contributed by atoms with Crippen molar-refractivity contribution in [3.63, 3.8) is 0 Å². The fourth-order valence-corrected chi connectivity index (χ4v) is 12.2. The van der Waals surface area contributed by atoms with E-state index in [1.54, 1.807) is 0 Å². The average molecular weight is 1310 g/mol. The maximum absolute atomic E-state index is 12.9. The molecular formula is C82H150NO8P. The molecule has 0 spiro atoms. The van der Waals surface area contributed by atoms with E-state index in [0.29, 0.717) is 17.4 Å². The molecular weight excluding hydrogens is 1160 g/mol. The van der Waals surface area contributed by atoms with Gasteiger partial charge >= 0.3 is 11.9 Å². The highest BCUT2D eigenvalue weighted by atomic mass is 31.2. The number of phosphoric ester groups is 1. The van der Waals surface area contributed by atoms with E-state index in [9.17, 15) is 19.0 Å². The Morgan fingerprint density at radius 3 is 0.935 bits per heavy atom.